The highest BCUT2D eigenvalue weighted by atomic mass is 16.3. The van der Waals surface area contributed by atoms with E-state index in [0.717, 1.165) is 24.1 Å². The van der Waals surface area contributed by atoms with Crippen molar-refractivity contribution in [1.82, 2.24) is 0 Å². The fourth-order valence-electron chi connectivity index (χ4n) is 2.31. The maximum Gasteiger partial charge on any atom is 0.120 e. The van der Waals surface area contributed by atoms with Crippen LogP contribution in [0.4, 0.5) is 5.69 Å². The molecule has 1 heterocycles. The van der Waals surface area contributed by atoms with Crippen LogP contribution in [0.25, 0.3) is 0 Å². The van der Waals surface area contributed by atoms with Crippen LogP contribution in [0.15, 0.2) is 18.2 Å². The molecule has 2 heteroatoms. The highest BCUT2D eigenvalue weighted by Crippen LogP contribution is 2.39. The zero-order chi connectivity index (χ0) is 11.1. The normalized spacial score (nSPS) is 29.4. The van der Waals surface area contributed by atoms with Crippen LogP contribution in [-0.2, 0) is 6.42 Å². The van der Waals surface area contributed by atoms with Crippen molar-refractivity contribution in [2.45, 2.75) is 39.2 Å². The van der Waals surface area contributed by atoms with Gasteiger partial charge in [0.05, 0.1) is 0 Å². The predicted octanol–water partition coefficient (Wildman–Crippen LogP) is 3.17. The van der Waals surface area contributed by atoms with E-state index in [0.29, 0.717) is 11.7 Å². The fraction of sp³-hybridized carbons (Fsp3) is 0.538. The fourth-order valence-corrected chi connectivity index (χ4v) is 2.31. The summed E-state index contributed by atoms with van der Waals surface area (Å²) in [4.78, 5) is 0. The van der Waals surface area contributed by atoms with Gasteiger partial charge in [0.2, 0.25) is 0 Å². The Morgan fingerprint density at radius 3 is 2.93 bits per heavy atom. The smallest absolute Gasteiger partial charge is 0.120 e. The van der Waals surface area contributed by atoms with Gasteiger partial charge >= 0.3 is 0 Å². The number of phenolic OH excluding ortho intramolecular Hbond substituents is 1. The topological polar surface area (TPSA) is 32.3 Å². The van der Waals surface area contributed by atoms with Gasteiger partial charge in [-0.2, -0.15) is 0 Å². The van der Waals surface area contributed by atoms with Gasteiger partial charge in [-0.15, -0.1) is 0 Å². The number of anilines is 1. The first kappa shape index (κ1) is 10.3. The quantitative estimate of drug-likeness (QED) is 0.738. The first-order valence-corrected chi connectivity index (χ1v) is 5.66. The number of nitrogens with one attached hydrogen (secondary N) is 1. The second-order valence-corrected chi connectivity index (χ2v) is 4.80. The predicted molar refractivity (Wildman–Crippen MR) is 63.3 cm³/mol. The maximum absolute atomic E-state index is 9.78. The van der Waals surface area contributed by atoms with Gasteiger partial charge in [0, 0.05) is 16.8 Å². The molecule has 1 aromatic rings. The molecule has 1 aliphatic heterocycles. The number of rotatable bonds is 1. The SMILES string of the molecule is CCC1(C)Nc2cccc(O)c2CC1C. The van der Waals surface area contributed by atoms with Crippen molar-refractivity contribution in [3.8, 4) is 5.75 Å². The van der Waals surface area contributed by atoms with Gasteiger partial charge in [0.25, 0.3) is 0 Å². The Hall–Kier alpha value is -1.18. The summed E-state index contributed by atoms with van der Waals surface area (Å²) < 4.78 is 0. The minimum Gasteiger partial charge on any atom is -0.508 e. The third-order valence-corrected chi connectivity index (χ3v) is 3.90. The highest BCUT2D eigenvalue weighted by Gasteiger charge is 2.34. The molecule has 0 saturated carbocycles. The van der Waals surface area contributed by atoms with Gasteiger partial charge in [-0.25, -0.2) is 0 Å². The van der Waals surface area contributed by atoms with Crippen LogP contribution in [0, 0.1) is 5.92 Å². The molecule has 0 aliphatic carbocycles. The molecule has 1 aliphatic rings. The molecule has 0 spiro atoms. The van der Waals surface area contributed by atoms with Crippen LogP contribution in [0.3, 0.4) is 0 Å². The number of phenols is 1. The van der Waals surface area contributed by atoms with E-state index in [1.807, 2.05) is 6.07 Å². The molecule has 0 bridgehead atoms. The van der Waals surface area contributed by atoms with Crippen molar-refractivity contribution in [1.29, 1.82) is 0 Å². The van der Waals surface area contributed by atoms with Crippen LogP contribution < -0.4 is 5.32 Å². The van der Waals surface area contributed by atoms with Crippen molar-refractivity contribution < 1.29 is 5.11 Å². The lowest BCUT2D eigenvalue weighted by molar-refractivity contribution is 0.318. The Labute approximate surface area is 91.3 Å². The summed E-state index contributed by atoms with van der Waals surface area (Å²) in [6, 6.07) is 5.71. The summed E-state index contributed by atoms with van der Waals surface area (Å²) in [6.07, 6.45) is 2.06. The van der Waals surface area contributed by atoms with Crippen molar-refractivity contribution in [2.75, 3.05) is 5.32 Å². The van der Waals surface area contributed by atoms with Crippen LogP contribution in [0.1, 0.15) is 32.8 Å². The Kier molecular flexibility index (Phi) is 2.37. The molecule has 2 atom stereocenters. The average Bonchev–Trinajstić information content (AvgIpc) is 2.21. The molecule has 0 amide bonds. The second kappa shape index (κ2) is 3.44. The van der Waals surface area contributed by atoms with Crippen LogP contribution in [-0.4, -0.2) is 10.6 Å². The molecule has 0 radical (unpaired) electrons. The molecule has 15 heavy (non-hydrogen) atoms. The van der Waals surface area contributed by atoms with E-state index in [-0.39, 0.29) is 5.54 Å². The number of benzene rings is 1. The Morgan fingerprint density at radius 1 is 1.53 bits per heavy atom. The van der Waals surface area contributed by atoms with Crippen LogP contribution in [0.5, 0.6) is 5.75 Å². The first-order valence-electron chi connectivity index (χ1n) is 5.66. The van der Waals surface area contributed by atoms with Crippen molar-refractivity contribution >= 4 is 5.69 Å². The summed E-state index contributed by atoms with van der Waals surface area (Å²) in [5.41, 5.74) is 2.31. The van der Waals surface area contributed by atoms with Gasteiger partial charge in [-0.1, -0.05) is 19.9 Å². The summed E-state index contributed by atoms with van der Waals surface area (Å²) in [5.74, 6) is 0.966. The van der Waals surface area contributed by atoms with E-state index in [9.17, 15) is 5.11 Å². The molecule has 82 valence electrons. The minimum absolute atomic E-state index is 0.154. The monoisotopic (exact) mass is 205 g/mol. The minimum atomic E-state index is 0.154. The lowest BCUT2D eigenvalue weighted by Crippen LogP contribution is -2.45. The maximum atomic E-state index is 9.78. The third-order valence-electron chi connectivity index (χ3n) is 3.90. The van der Waals surface area contributed by atoms with Crippen LogP contribution >= 0.6 is 0 Å². The van der Waals surface area contributed by atoms with Gasteiger partial charge in [0.1, 0.15) is 5.75 Å². The summed E-state index contributed by atoms with van der Waals surface area (Å²) in [5, 5.41) is 13.3. The highest BCUT2D eigenvalue weighted by molar-refractivity contribution is 5.60. The molecule has 0 fully saturated rings. The van der Waals surface area contributed by atoms with Gasteiger partial charge in [-0.3, -0.25) is 0 Å². The van der Waals surface area contributed by atoms with Gasteiger partial charge in [-0.05, 0) is 37.8 Å². The Bertz CT molecular complexity index is 375. The van der Waals surface area contributed by atoms with E-state index in [1.165, 1.54) is 0 Å². The third kappa shape index (κ3) is 1.58. The summed E-state index contributed by atoms with van der Waals surface area (Å²) in [6.45, 7) is 6.70. The zero-order valence-corrected chi connectivity index (χ0v) is 9.67. The molecule has 2 rings (SSSR count). The number of fused-ring (bicyclic) bond motifs is 1. The molecular formula is C13H19NO. The second-order valence-electron chi connectivity index (χ2n) is 4.80. The Balaban J connectivity index is 2.42. The van der Waals surface area contributed by atoms with E-state index < -0.39 is 0 Å². The molecule has 0 saturated heterocycles. The lowest BCUT2D eigenvalue weighted by atomic mass is 9.77. The van der Waals surface area contributed by atoms with Crippen molar-refractivity contribution in [3.63, 3.8) is 0 Å². The molecule has 0 aromatic heterocycles. The van der Waals surface area contributed by atoms with Crippen molar-refractivity contribution in [3.05, 3.63) is 23.8 Å². The van der Waals surface area contributed by atoms with E-state index in [1.54, 1.807) is 6.07 Å². The van der Waals surface area contributed by atoms with E-state index in [2.05, 4.69) is 32.2 Å². The van der Waals surface area contributed by atoms with Gasteiger partial charge < -0.3 is 10.4 Å². The largest absolute Gasteiger partial charge is 0.508 e. The Morgan fingerprint density at radius 2 is 2.27 bits per heavy atom. The van der Waals surface area contributed by atoms with E-state index in [4.69, 9.17) is 0 Å². The van der Waals surface area contributed by atoms with Crippen LogP contribution in [0.2, 0.25) is 0 Å². The molecule has 2 nitrogen and oxygen atoms in total. The molecule has 2 N–H and O–H groups in total. The van der Waals surface area contributed by atoms with E-state index >= 15 is 0 Å². The van der Waals surface area contributed by atoms with Gasteiger partial charge in [0.15, 0.2) is 0 Å². The zero-order valence-electron chi connectivity index (χ0n) is 9.67. The molecule has 1 aromatic carbocycles. The van der Waals surface area contributed by atoms with Crippen molar-refractivity contribution in [2.24, 2.45) is 5.92 Å². The summed E-state index contributed by atoms with van der Waals surface area (Å²) in [7, 11) is 0. The summed E-state index contributed by atoms with van der Waals surface area (Å²) >= 11 is 0. The average molecular weight is 205 g/mol. The first-order chi connectivity index (χ1) is 7.07. The number of aromatic hydroxyl groups is 1. The molecule has 2 unspecified atom stereocenters. The lowest BCUT2D eigenvalue weighted by Gasteiger charge is -2.42. The standard InChI is InChI=1S/C13H19NO/c1-4-13(3)9(2)8-10-11(14-13)6-5-7-12(10)15/h5-7,9,14-15H,4,8H2,1-3H3. The number of hydrogen-bond acceptors (Lipinski definition) is 2. The molecular weight excluding hydrogens is 186 g/mol. The number of hydrogen-bond donors (Lipinski definition) is 2.